The molecule has 3 N–H and O–H groups in total. The Morgan fingerprint density at radius 1 is 1.24 bits per heavy atom. The van der Waals surface area contributed by atoms with Crippen molar-refractivity contribution in [2.24, 2.45) is 0 Å². The van der Waals surface area contributed by atoms with Gasteiger partial charge in [0, 0.05) is 30.7 Å². The van der Waals surface area contributed by atoms with E-state index in [-0.39, 0.29) is 29.2 Å². The van der Waals surface area contributed by atoms with E-state index < -0.39 is 0 Å². The number of carbonyl (C=O) groups excluding carboxylic acids is 2. The maximum atomic E-state index is 12.7. The van der Waals surface area contributed by atoms with Crippen molar-refractivity contribution in [3.8, 4) is 11.1 Å². The van der Waals surface area contributed by atoms with Gasteiger partial charge < -0.3 is 20.1 Å². The number of benzene rings is 1. The molecule has 0 unspecified atom stereocenters. The average molecular weight is 503 g/mol. The number of hydrogen-bond acceptors (Lipinski definition) is 8. The fourth-order valence-corrected chi connectivity index (χ4v) is 4.41. The molecule has 1 aliphatic rings. The van der Waals surface area contributed by atoms with E-state index in [1.807, 2.05) is 58.0 Å². The zero-order valence-corrected chi connectivity index (χ0v) is 21.3. The summed E-state index contributed by atoms with van der Waals surface area (Å²) >= 11 is 0. The van der Waals surface area contributed by atoms with Gasteiger partial charge in [-0.1, -0.05) is 50.2 Å². The number of likely N-dealkylation sites (tertiary alicyclic amines) is 1. The SMILES string of the molecule is C[C@@H](NC(=O)c1noc(C(C)(C)C)n1)c1ccc(-c2ccnc3[nH]nc(N[C@@H]4CCN(C=O)C4)c23)cc1. The number of fused-ring (bicyclic) bond motifs is 1. The first kappa shape index (κ1) is 24.4. The van der Waals surface area contributed by atoms with Crippen LogP contribution in [0, 0.1) is 0 Å². The van der Waals surface area contributed by atoms with Crippen molar-refractivity contribution < 1.29 is 14.1 Å². The van der Waals surface area contributed by atoms with E-state index in [2.05, 4.69) is 36.0 Å². The topological polar surface area (TPSA) is 142 Å². The Bertz CT molecular complexity index is 1420. The van der Waals surface area contributed by atoms with Gasteiger partial charge in [0.2, 0.25) is 12.3 Å². The van der Waals surface area contributed by atoms with Crippen molar-refractivity contribution in [3.05, 3.63) is 53.8 Å². The van der Waals surface area contributed by atoms with Crippen molar-refractivity contribution in [3.63, 3.8) is 0 Å². The van der Waals surface area contributed by atoms with Gasteiger partial charge in [-0.05, 0) is 36.1 Å². The van der Waals surface area contributed by atoms with Crippen LogP contribution in [0.3, 0.4) is 0 Å². The number of pyridine rings is 1. The molecular weight excluding hydrogens is 472 g/mol. The minimum atomic E-state index is -0.388. The average Bonchev–Trinajstić information content (AvgIpc) is 3.64. The molecule has 5 rings (SSSR count). The Labute approximate surface area is 214 Å². The molecular formula is C26H30N8O3. The largest absolute Gasteiger partial charge is 0.363 e. The van der Waals surface area contributed by atoms with Crippen molar-refractivity contribution in [2.75, 3.05) is 18.4 Å². The van der Waals surface area contributed by atoms with Crippen molar-refractivity contribution >= 4 is 29.2 Å². The molecule has 0 bridgehead atoms. The number of H-pyrrole nitrogens is 1. The van der Waals surface area contributed by atoms with Gasteiger partial charge in [-0.15, -0.1) is 0 Å². The Morgan fingerprint density at radius 3 is 2.70 bits per heavy atom. The lowest BCUT2D eigenvalue weighted by Crippen LogP contribution is -2.27. The molecule has 11 nitrogen and oxygen atoms in total. The van der Waals surface area contributed by atoms with E-state index in [4.69, 9.17) is 4.52 Å². The number of aromatic nitrogens is 5. The molecule has 1 aromatic carbocycles. The second-order valence-corrected chi connectivity index (χ2v) is 10.4. The standard InChI is InChI=1S/C26H30N8O3/c1-15(28-24(36)23-30-25(37-33-23)26(2,3)4)16-5-7-17(8-6-16)19-9-11-27-21-20(19)22(32-31-21)29-18-10-12-34(13-18)14-35/h5-9,11,14-15,18H,10,12-13H2,1-4H3,(H,28,36)(H2,27,29,31,32)/t15-,18-/m1/s1. The molecule has 0 spiro atoms. The summed E-state index contributed by atoms with van der Waals surface area (Å²) in [7, 11) is 0. The van der Waals surface area contributed by atoms with E-state index in [1.54, 1.807) is 11.1 Å². The van der Waals surface area contributed by atoms with Crippen molar-refractivity contribution in [1.29, 1.82) is 0 Å². The van der Waals surface area contributed by atoms with Gasteiger partial charge >= 0.3 is 0 Å². The molecule has 0 saturated carbocycles. The summed E-state index contributed by atoms with van der Waals surface area (Å²) in [5, 5.41) is 18.6. The first-order valence-electron chi connectivity index (χ1n) is 12.3. The summed E-state index contributed by atoms with van der Waals surface area (Å²) < 4.78 is 5.24. The van der Waals surface area contributed by atoms with Crippen molar-refractivity contribution in [1.82, 2.24) is 35.5 Å². The molecule has 0 aliphatic carbocycles. The predicted molar refractivity (Wildman–Crippen MR) is 138 cm³/mol. The first-order valence-corrected chi connectivity index (χ1v) is 12.3. The van der Waals surface area contributed by atoms with Gasteiger partial charge in [-0.2, -0.15) is 10.1 Å². The normalized spacial score (nSPS) is 16.6. The lowest BCUT2D eigenvalue weighted by atomic mass is 9.97. The molecule has 11 heteroatoms. The highest BCUT2D eigenvalue weighted by molar-refractivity contribution is 6.00. The zero-order chi connectivity index (χ0) is 26.2. The van der Waals surface area contributed by atoms with Crippen LogP contribution in [0.2, 0.25) is 0 Å². The number of aromatic amines is 1. The van der Waals surface area contributed by atoms with Crippen molar-refractivity contribution in [2.45, 2.75) is 51.6 Å². The number of nitrogens with zero attached hydrogens (tertiary/aromatic N) is 5. The summed E-state index contributed by atoms with van der Waals surface area (Å²) in [6.07, 6.45) is 3.49. The van der Waals surface area contributed by atoms with Gasteiger partial charge in [0.15, 0.2) is 11.5 Å². The fourth-order valence-electron chi connectivity index (χ4n) is 4.41. The highest BCUT2D eigenvalue weighted by Crippen LogP contribution is 2.33. The van der Waals surface area contributed by atoms with Crippen LogP contribution in [-0.4, -0.2) is 61.7 Å². The first-order chi connectivity index (χ1) is 17.7. The fraction of sp³-hybridized carbons (Fsp3) is 0.385. The van der Waals surface area contributed by atoms with Crippen LogP contribution in [0.1, 0.15) is 62.2 Å². The zero-order valence-electron chi connectivity index (χ0n) is 21.3. The highest BCUT2D eigenvalue weighted by Gasteiger charge is 2.25. The lowest BCUT2D eigenvalue weighted by Gasteiger charge is -2.15. The number of anilines is 1. The van der Waals surface area contributed by atoms with Crippen LogP contribution in [0.15, 0.2) is 41.1 Å². The van der Waals surface area contributed by atoms with Crippen LogP contribution in [-0.2, 0) is 10.2 Å². The third-order valence-corrected chi connectivity index (χ3v) is 6.51. The molecule has 1 saturated heterocycles. The summed E-state index contributed by atoms with van der Waals surface area (Å²) in [5.41, 5.74) is 3.27. The minimum Gasteiger partial charge on any atom is -0.363 e. The maximum Gasteiger partial charge on any atom is 0.293 e. The van der Waals surface area contributed by atoms with Crippen LogP contribution >= 0.6 is 0 Å². The van der Waals surface area contributed by atoms with E-state index in [9.17, 15) is 9.59 Å². The maximum absolute atomic E-state index is 12.7. The molecule has 2 atom stereocenters. The van der Waals surface area contributed by atoms with Gasteiger partial charge in [-0.3, -0.25) is 14.7 Å². The molecule has 4 aromatic rings. The summed E-state index contributed by atoms with van der Waals surface area (Å²) in [5.74, 6) is 0.766. The summed E-state index contributed by atoms with van der Waals surface area (Å²) in [4.78, 5) is 34.1. The molecule has 2 amide bonds. The van der Waals surface area contributed by atoms with E-state index >= 15 is 0 Å². The lowest BCUT2D eigenvalue weighted by molar-refractivity contribution is -0.117. The molecule has 192 valence electrons. The van der Waals surface area contributed by atoms with Gasteiger partial charge in [0.25, 0.3) is 11.7 Å². The minimum absolute atomic E-state index is 0.0195. The van der Waals surface area contributed by atoms with Gasteiger partial charge in [-0.25, -0.2) is 4.98 Å². The highest BCUT2D eigenvalue weighted by atomic mass is 16.5. The third-order valence-electron chi connectivity index (χ3n) is 6.51. The van der Waals surface area contributed by atoms with Gasteiger partial charge in [0.1, 0.15) is 0 Å². The van der Waals surface area contributed by atoms with E-state index in [0.29, 0.717) is 18.1 Å². The number of hydrogen-bond donors (Lipinski definition) is 3. The molecule has 1 aliphatic heterocycles. The second kappa shape index (κ2) is 9.64. The molecule has 4 heterocycles. The summed E-state index contributed by atoms with van der Waals surface area (Å²) in [6.45, 7) is 9.12. The molecule has 0 radical (unpaired) electrons. The monoisotopic (exact) mass is 502 g/mol. The Hall–Kier alpha value is -4.28. The van der Waals surface area contributed by atoms with E-state index in [0.717, 1.165) is 47.3 Å². The number of carbonyl (C=O) groups is 2. The molecule has 37 heavy (non-hydrogen) atoms. The molecule has 3 aromatic heterocycles. The molecule has 1 fully saturated rings. The van der Waals surface area contributed by atoms with Crippen LogP contribution in [0.5, 0.6) is 0 Å². The third kappa shape index (κ3) is 5.02. The van der Waals surface area contributed by atoms with Crippen LogP contribution < -0.4 is 10.6 Å². The number of amides is 2. The Morgan fingerprint density at radius 2 is 2.03 bits per heavy atom. The number of nitrogens with one attached hydrogen (secondary N) is 3. The van der Waals surface area contributed by atoms with E-state index in [1.165, 1.54) is 0 Å². The number of rotatable bonds is 7. The second-order valence-electron chi connectivity index (χ2n) is 10.4. The predicted octanol–water partition coefficient (Wildman–Crippen LogP) is 3.44. The Kier molecular flexibility index (Phi) is 6.36. The van der Waals surface area contributed by atoms with Crippen LogP contribution in [0.25, 0.3) is 22.2 Å². The van der Waals surface area contributed by atoms with Crippen LogP contribution in [0.4, 0.5) is 5.82 Å². The summed E-state index contributed by atoms with van der Waals surface area (Å²) in [6, 6.07) is 9.82. The smallest absolute Gasteiger partial charge is 0.293 e. The quantitative estimate of drug-likeness (QED) is 0.326. The Balaban J connectivity index is 1.33. The van der Waals surface area contributed by atoms with Gasteiger partial charge in [0.05, 0.1) is 11.4 Å².